The van der Waals surface area contributed by atoms with Gasteiger partial charge in [-0.05, 0) is 67.2 Å². The Kier molecular flexibility index (Phi) is 9.79. The van der Waals surface area contributed by atoms with Gasteiger partial charge in [-0.3, -0.25) is 0 Å². The summed E-state index contributed by atoms with van der Waals surface area (Å²) in [6.45, 7) is 6.87. The Balaban J connectivity index is 2.43. The van der Waals surface area contributed by atoms with Crippen LogP contribution >= 0.6 is 27.5 Å². The largest absolute Gasteiger partial charge is 0.492 e. The highest BCUT2D eigenvalue weighted by atomic mass is 79.9. The third kappa shape index (κ3) is 8.55. The van der Waals surface area contributed by atoms with Gasteiger partial charge in [-0.15, -0.1) is 0 Å². The fourth-order valence-corrected chi connectivity index (χ4v) is 2.23. The van der Waals surface area contributed by atoms with Gasteiger partial charge in [-0.2, -0.15) is 4.39 Å². The monoisotopic (exact) mass is 421 g/mol. The first kappa shape index (κ1) is 20.8. The molecule has 0 bridgehead atoms. The molecule has 1 aromatic rings. The number of nitrogens with zero attached hydrogens (tertiary/aromatic N) is 1. The second-order valence-electron chi connectivity index (χ2n) is 5.28. The summed E-state index contributed by atoms with van der Waals surface area (Å²) >= 11 is 8.93. The summed E-state index contributed by atoms with van der Waals surface area (Å²) in [4.78, 5) is 5.12. The van der Waals surface area contributed by atoms with E-state index >= 15 is 0 Å². The van der Waals surface area contributed by atoms with Crippen molar-refractivity contribution >= 4 is 33.2 Å². The van der Waals surface area contributed by atoms with Gasteiger partial charge in [0.25, 0.3) is 0 Å². The van der Waals surface area contributed by atoms with Crippen LogP contribution < -0.4 is 9.47 Å². The van der Waals surface area contributed by atoms with Gasteiger partial charge >= 0.3 is 0 Å². The normalized spacial score (nSPS) is 11.2. The van der Waals surface area contributed by atoms with Gasteiger partial charge in [0.1, 0.15) is 24.7 Å². The molecule has 7 heteroatoms. The predicted octanol–water partition coefficient (Wildman–Crippen LogP) is 5.80. The molecule has 0 amide bonds. The van der Waals surface area contributed by atoms with Crippen molar-refractivity contribution in [1.82, 2.24) is 0 Å². The summed E-state index contributed by atoms with van der Waals surface area (Å²) in [5.74, 6) is 1.20. The van der Waals surface area contributed by atoms with Crippen LogP contribution in [0.15, 0.2) is 28.1 Å². The van der Waals surface area contributed by atoms with Gasteiger partial charge in [0.05, 0.1) is 17.3 Å². The molecule has 0 heterocycles. The fourth-order valence-electron chi connectivity index (χ4n) is 1.78. The average Bonchev–Trinajstić information content (AvgIpc) is 2.47. The number of hydrogen-bond donors (Lipinski definition) is 0. The molecule has 0 atom stereocenters. The van der Waals surface area contributed by atoms with Crippen LogP contribution in [-0.2, 0) is 4.84 Å². The highest BCUT2D eigenvalue weighted by Gasteiger charge is 2.09. The number of rotatable bonds is 10. The SMILES string of the molecule is CC(C)=NOCCCCOc1c(C)cc(OC/C=C(\F)Br)cc1Cl. The maximum atomic E-state index is 12.6. The molecule has 134 valence electrons. The van der Waals surface area contributed by atoms with Crippen molar-refractivity contribution in [2.75, 3.05) is 19.8 Å². The van der Waals surface area contributed by atoms with E-state index in [9.17, 15) is 4.39 Å². The molecule has 0 spiro atoms. The molecule has 4 nitrogen and oxygen atoms in total. The molecular weight excluding hydrogens is 401 g/mol. The molecule has 24 heavy (non-hydrogen) atoms. The number of benzene rings is 1. The molecule has 0 aliphatic heterocycles. The molecule has 0 unspecified atom stereocenters. The van der Waals surface area contributed by atoms with Gasteiger partial charge in [0, 0.05) is 6.07 Å². The highest BCUT2D eigenvalue weighted by Crippen LogP contribution is 2.33. The summed E-state index contributed by atoms with van der Waals surface area (Å²) in [6.07, 6.45) is 2.96. The lowest BCUT2D eigenvalue weighted by molar-refractivity contribution is 0.135. The van der Waals surface area contributed by atoms with Crippen molar-refractivity contribution < 1.29 is 18.7 Å². The first-order valence-electron chi connectivity index (χ1n) is 7.60. The van der Waals surface area contributed by atoms with E-state index in [4.69, 9.17) is 25.9 Å². The molecule has 0 aliphatic carbocycles. The maximum Gasteiger partial charge on any atom is 0.165 e. The lowest BCUT2D eigenvalue weighted by atomic mass is 10.2. The fraction of sp³-hybridized carbons (Fsp3) is 0.471. The minimum absolute atomic E-state index is 0.118. The Morgan fingerprint density at radius 2 is 1.96 bits per heavy atom. The first-order valence-corrected chi connectivity index (χ1v) is 8.77. The van der Waals surface area contributed by atoms with Crippen LogP contribution in [0.5, 0.6) is 11.5 Å². The maximum absolute atomic E-state index is 12.6. The average molecular weight is 423 g/mol. The van der Waals surface area contributed by atoms with E-state index in [0.717, 1.165) is 24.1 Å². The molecular formula is C17H22BrClFNO3. The van der Waals surface area contributed by atoms with E-state index in [1.165, 1.54) is 6.08 Å². The minimum Gasteiger partial charge on any atom is -0.492 e. The van der Waals surface area contributed by atoms with Crippen molar-refractivity contribution in [2.24, 2.45) is 5.16 Å². The van der Waals surface area contributed by atoms with E-state index < -0.39 is 4.74 Å². The topological polar surface area (TPSA) is 40.0 Å². The van der Waals surface area contributed by atoms with Crippen molar-refractivity contribution in [3.05, 3.63) is 33.5 Å². The summed E-state index contributed by atoms with van der Waals surface area (Å²) in [6, 6.07) is 3.47. The summed E-state index contributed by atoms with van der Waals surface area (Å²) in [5.41, 5.74) is 1.76. The standard InChI is InChI=1S/C17H22BrClFNO3/c1-12(2)21-24-8-5-4-7-23-17-13(3)10-14(11-15(17)19)22-9-6-16(18)20/h6,10-11H,4-5,7-9H2,1-3H3/b16-6-. The van der Waals surface area contributed by atoms with Gasteiger partial charge in [-0.25, -0.2) is 0 Å². The molecule has 0 radical (unpaired) electrons. The Morgan fingerprint density at radius 3 is 2.58 bits per heavy atom. The van der Waals surface area contributed by atoms with Crippen LogP contribution in [0.2, 0.25) is 5.02 Å². The van der Waals surface area contributed by atoms with Crippen LogP contribution in [0.1, 0.15) is 32.3 Å². The number of aryl methyl sites for hydroxylation is 1. The number of unbranched alkanes of at least 4 members (excludes halogenated alkanes) is 1. The molecule has 0 N–H and O–H groups in total. The molecule has 1 rings (SSSR count). The number of ether oxygens (including phenoxy) is 2. The van der Waals surface area contributed by atoms with E-state index in [2.05, 4.69) is 21.1 Å². The lowest BCUT2D eigenvalue weighted by Crippen LogP contribution is -2.02. The smallest absolute Gasteiger partial charge is 0.165 e. The van der Waals surface area contributed by atoms with Gasteiger partial charge in [0.2, 0.25) is 0 Å². The van der Waals surface area contributed by atoms with Crippen molar-refractivity contribution in [3.63, 3.8) is 0 Å². The number of hydrogen-bond acceptors (Lipinski definition) is 4. The van der Waals surface area contributed by atoms with Crippen LogP contribution in [0.25, 0.3) is 0 Å². The van der Waals surface area contributed by atoms with Crippen LogP contribution in [0.4, 0.5) is 4.39 Å². The number of halogens is 3. The van der Waals surface area contributed by atoms with Gasteiger partial charge < -0.3 is 14.3 Å². The first-order chi connectivity index (χ1) is 11.4. The molecule has 0 aliphatic rings. The summed E-state index contributed by atoms with van der Waals surface area (Å²) in [5, 5.41) is 4.33. The van der Waals surface area contributed by atoms with E-state index in [1.807, 2.05) is 26.8 Å². The zero-order valence-electron chi connectivity index (χ0n) is 14.1. The number of oxime groups is 1. The van der Waals surface area contributed by atoms with E-state index in [1.54, 1.807) is 6.07 Å². The third-order valence-electron chi connectivity index (χ3n) is 2.81. The van der Waals surface area contributed by atoms with Crippen LogP contribution in [-0.4, -0.2) is 25.5 Å². The third-order valence-corrected chi connectivity index (χ3v) is 3.42. The molecule has 0 saturated heterocycles. The Bertz CT molecular complexity index is 562. The van der Waals surface area contributed by atoms with Crippen molar-refractivity contribution in [1.29, 1.82) is 0 Å². The molecule has 0 aromatic heterocycles. The summed E-state index contributed by atoms with van der Waals surface area (Å²) < 4.78 is 23.2. The van der Waals surface area contributed by atoms with Gasteiger partial charge in [-0.1, -0.05) is 16.8 Å². The van der Waals surface area contributed by atoms with Crippen LogP contribution in [0.3, 0.4) is 0 Å². The zero-order chi connectivity index (χ0) is 17.9. The second-order valence-corrected chi connectivity index (χ2v) is 6.45. The second kappa shape index (κ2) is 11.3. The van der Waals surface area contributed by atoms with Crippen molar-refractivity contribution in [2.45, 2.75) is 33.6 Å². The van der Waals surface area contributed by atoms with E-state index in [0.29, 0.717) is 29.7 Å². The minimum atomic E-state index is -0.464. The molecule has 1 aromatic carbocycles. The Labute approximate surface area is 155 Å². The quantitative estimate of drug-likeness (QED) is 0.271. The Hall–Kier alpha value is -1.27. The summed E-state index contributed by atoms with van der Waals surface area (Å²) in [7, 11) is 0. The van der Waals surface area contributed by atoms with E-state index in [-0.39, 0.29) is 6.61 Å². The van der Waals surface area contributed by atoms with Gasteiger partial charge in [0.15, 0.2) is 4.74 Å². The van der Waals surface area contributed by atoms with Crippen molar-refractivity contribution in [3.8, 4) is 11.5 Å². The lowest BCUT2D eigenvalue weighted by Gasteiger charge is -2.13. The molecule has 0 fully saturated rings. The predicted molar refractivity (Wildman–Crippen MR) is 99.3 cm³/mol. The highest BCUT2D eigenvalue weighted by molar-refractivity contribution is 9.11. The van der Waals surface area contributed by atoms with Crippen LogP contribution in [0, 0.1) is 6.92 Å². The zero-order valence-corrected chi connectivity index (χ0v) is 16.4. The Morgan fingerprint density at radius 1 is 1.25 bits per heavy atom. The molecule has 0 saturated carbocycles.